The third kappa shape index (κ3) is 3.18. The van der Waals surface area contributed by atoms with Crippen LogP contribution >= 0.6 is 11.6 Å². The molecule has 0 aliphatic rings. The second-order valence-electron chi connectivity index (χ2n) is 4.03. The summed E-state index contributed by atoms with van der Waals surface area (Å²) in [6.45, 7) is 1.15. The number of hydrogen-bond acceptors (Lipinski definition) is 4. The third-order valence-corrected chi connectivity index (χ3v) is 2.84. The Morgan fingerprint density at radius 1 is 1.22 bits per heavy atom. The molecule has 0 atom stereocenters. The Bertz CT molecular complexity index is 513. The zero-order chi connectivity index (χ0) is 13.0. The van der Waals surface area contributed by atoms with Gasteiger partial charge in [0.05, 0.1) is 5.69 Å². The number of halogens is 1. The van der Waals surface area contributed by atoms with Gasteiger partial charge in [0.1, 0.15) is 0 Å². The molecule has 1 aromatic heterocycles. The molecule has 18 heavy (non-hydrogen) atoms. The van der Waals surface area contributed by atoms with Gasteiger partial charge < -0.3 is 10.6 Å². The number of rotatable bonds is 4. The molecule has 2 N–H and O–H groups in total. The van der Waals surface area contributed by atoms with Crippen LogP contribution in [0.1, 0.15) is 11.3 Å². The maximum Gasteiger partial charge on any atom is 0.225 e. The molecule has 0 radical (unpaired) electrons. The van der Waals surface area contributed by atoms with Gasteiger partial charge in [-0.1, -0.05) is 23.7 Å². The van der Waals surface area contributed by atoms with E-state index in [9.17, 15) is 0 Å². The Hall–Kier alpha value is -1.65. The second-order valence-corrected chi connectivity index (χ2v) is 4.47. The smallest absolute Gasteiger partial charge is 0.225 e. The molecule has 0 fully saturated rings. The molecule has 0 spiro atoms. The molecule has 0 saturated carbocycles. The van der Waals surface area contributed by atoms with Crippen LogP contribution in [0.15, 0.2) is 36.5 Å². The van der Waals surface area contributed by atoms with Crippen LogP contribution in [0.2, 0.25) is 5.02 Å². The Labute approximate surface area is 111 Å². The summed E-state index contributed by atoms with van der Waals surface area (Å²) in [7, 11) is 1.95. The maximum absolute atomic E-state index is 5.85. The number of benzene rings is 1. The van der Waals surface area contributed by atoms with E-state index in [1.165, 1.54) is 0 Å². The number of hydrogen-bond donors (Lipinski definition) is 1. The molecule has 1 aromatic carbocycles. The minimum absolute atomic E-state index is 0.421. The van der Waals surface area contributed by atoms with Crippen LogP contribution < -0.4 is 10.6 Å². The van der Waals surface area contributed by atoms with Crippen molar-refractivity contribution in [2.45, 2.75) is 13.1 Å². The SMILES string of the molecule is CN(Cc1ccc(Cl)cc1)c1nccc(CN)n1. The van der Waals surface area contributed by atoms with E-state index >= 15 is 0 Å². The topological polar surface area (TPSA) is 55.0 Å². The highest BCUT2D eigenvalue weighted by molar-refractivity contribution is 6.30. The molecule has 0 aliphatic carbocycles. The van der Waals surface area contributed by atoms with Crippen LogP contribution in [0.3, 0.4) is 0 Å². The standard InChI is InChI=1S/C13H15ClN4/c1-18(9-10-2-4-11(14)5-3-10)13-16-7-6-12(8-15)17-13/h2-7H,8-9,15H2,1H3. The summed E-state index contributed by atoms with van der Waals surface area (Å²) in [6, 6.07) is 9.56. The first-order valence-corrected chi connectivity index (χ1v) is 6.04. The molecule has 0 aliphatic heterocycles. The van der Waals surface area contributed by atoms with Crippen LogP contribution in [0, 0.1) is 0 Å². The van der Waals surface area contributed by atoms with Crippen molar-refractivity contribution in [3.63, 3.8) is 0 Å². The van der Waals surface area contributed by atoms with Gasteiger partial charge >= 0.3 is 0 Å². The van der Waals surface area contributed by atoms with Crippen LogP contribution in [0.25, 0.3) is 0 Å². The first-order chi connectivity index (χ1) is 8.69. The highest BCUT2D eigenvalue weighted by atomic mass is 35.5. The lowest BCUT2D eigenvalue weighted by atomic mass is 10.2. The van der Waals surface area contributed by atoms with Crippen molar-refractivity contribution in [3.05, 3.63) is 52.8 Å². The number of nitrogens with two attached hydrogens (primary N) is 1. The maximum atomic E-state index is 5.85. The second kappa shape index (κ2) is 5.80. The van der Waals surface area contributed by atoms with Gasteiger partial charge in [-0.3, -0.25) is 0 Å². The van der Waals surface area contributed by atoms with Gasteiger partial charge in [-0.05, 0) is 23.8 Å². The molecule has 1 heterocycles. The van der Waals surface area contributed by atoms with E-state index in [2.05, 4.69) is 9.97 Å². The van der Waals surface area contributed by atoms with Crippen LogP contribution in [0.4, 0.5) is 5.95 Å². The monoisotopic (exact) mass is 262 g/mol. The van der Waals surface area contributed by atoms with Crippen molar-refractivity contribution in [1.82, 2.24) is 9.97 Å². The lowest BCUT2D eigenvalue weighted by Gasteiger charge is -2.17. The summed E-state index contributed by atoms with van der Waals surface area (Å²) >= 11 is 5.85. The van der Waals surface area contributed by atoms with E-state index in [1.54, 1.807) is 6.20 Å². The van der Waals surface area contributed by atoms with Gasteiger partial charge in [0.25, 0.3) is 0 Å². The first kappa shape index (κ1) is 12.8. The Kier molecular flexibility index (Phi) is 4.12. The zero-order valence-electron chi connectivity index (χ0n) is 10.2. The van der Waals surface area contributed by atoms with E-state index in [0.29, 0.717) is 12.5 Å². The summed E-state index contributed by atoms with van der Waals surface area (Å²) in [5.74, 6) is 0.674. The average Bonchev–Trinajstić information content (AvgIpc) is 2.41. The summed E-state index contributed by atoms with van der Waals surface area (Å²) < 4.78 is 0. The fraction of sp³-hybridized carbons (Fsp3) is 0.231. The molecule has 2 rings (SSSR count). The van der Waals surface area contributed by atoms with Gasteiger partial charge in [0, 0.05) is 31.4 Å². The van der Waals surface area contributed by atoms with Crippen molar-refractivity contribution < 1.29 is 0 Å². The molecule has 0 amide bonds. The van der Waals surface area contributed by atoms with E-state index in [1.807, 2.05) is 42.3 Å². The third-order valence-electron chi connectivity index (χ3n) is 2.58. The van der Waals surface area contributed by atoms with Gasteiger partial charge in [0.15, 0.2) is 0 Å². The minimum atomic E-state index is 0.421. The van der Waals surface area contributed by atoms with Crippen LogP contribution in [-0.2, 0) is 13.1 Å². The highest BCUT2D eigenvalue weighted by Crippen LogP contribution is 2.13. The number of aromatic nitrogens is 2. The van der Waals surface area contributed by atoms with Gasteiger partial charge in [0.2, 0.25) is 5.95 Å². The number of anilines is 1. The van der Waals surface area contributed by atoms with Gasteiger partial charge in [-0.2, -0.15) is 0 Å². The van der Waals surface area contributed by atoms with Crippen molar-refractivity contribution in [3.8, 4) is 0 Å². The highest BCUT2D eigenvalue weighted by Gasteiger charge is 2.05. The van der Waals surface area contributed by atoms with E-state index in [-0.39, 0.29) is 0 Å². The molecular formula is C13H15ClN4. The summed E-state index contributed by atoms with van der Waals surface area (Å²) in [5.41, 5.74) is 7.56. The quantitative estimate of drug-likeness (QED) is 0.918. The van der Waals surface area contributed by atoms with Crippen molar-refractivity contribution in [2.24, 2.45) is 5.73 Å². The van der Waals surface area contributed by atoms with Gasteiger partial charge in [-0.15, -0.1) is 0 Å². The molecule has 0 bridgehead atoms. The van der Waals surface area contributed by atoms with Crippen molar-refractivity contribution >= 4 is 17.5 Å². The minimum Gasteiger partial charge on any atom is -0.340 e. The Morgan fingerprint density at radius 3 is 2.61 bits per heavy atom. The predicted molar refractivity (Wildman–Crippen MR) is 73.5 cm³/mol. The summed E-state index contributed by atoms with van der Waals surface area (Å²) in [6.07, 6.45) is 1.73. The molecular weight excluding hydrogens is 248 g/mol. The predicted octanol–water partition coefficient (Wildman–Crippen LogP) is 2.23. The fourth-order valence-corrected chi connectivity index (χ4v) is 1.74. The lowest BCUT2D eigenvalue weighted by molar-refractivity contribution is 0.845. The molecule has 0 saturated heterocycles. The van der Waals surface area contributed by atoms with Crippen LogP contribution in [0.5, 0.6) is 0 Å². The fourth-order valence-electron chi connectivity index (χ4n) is 1.62. The van der Waals surface area contributed by atoms with Crippen LogP contribution in [-0.4, -0.2) is 17.0 Å². The average molecular weight is 263 g/mol. The van der Waals surface area contributed by atoms with E-state index in [4.69, 9.17) is 17.3 Å². The van der Waals surface area contributed by atoms with E-state index < -0.39 is 0 Å². The lowest BCUT2D eigenvalue weighted by Crippen LogP contribution is -2.19. The first-order valence-electron chi connectivity index (χ1n) is 5.66. The molecule has 2 aromatic rings. The normalized spacial score (nSPS) is 10.4. The Balaban J connectivity index is 2.11. The number of nitrogens with zero attached hydrogens (tertiary/aromatic N) is 3. The summed E-state index contributed by atoms with van der Waals surface area (Å²) in [4.78, 5) is 10.6. The largest absolute Gasteiger partial charge is 0.340 e. The summed E-state index contributed by atoms with van der Waals surface area (Å²) in [5, 5.41) is 0.739. The molecule has 5 heteroatoms. The van der Waals surface area contributed by atoms with Gasteiger partial charge in [-0.25, -0.2) is 9.97 Å². The van der Waals surface area contributed by atoms with E-state index in [0.717, 1.165) is 22.8 Å². The molecule has 0 unspecified atom stereocenters. The Morgan fingerprint density at radius 2 is 1.94 bits per heavy atom. The zero-order valence-corrected chi connectivity index (χ0v) is 10.9. The van der Waals surface area contributed by atoms with Crippen molar-refractivity contribution in [2.75, 3.05) is 11.9 Å². The van der Waals surface area contributed by atoms with Crippen molar-refractivity contribution in [1.29, 1.82) is 0 Å². The molecule has 4 nitrogen and oxygen atoms in total. The molecule has 94 valence electrons.